The number of H-pyrrole nitrogens is 1. The first kappa shape index (κ1) is 23.6. The molecule has 6 nitrogen and oxygen atoms in total. The predicted molar refractivity (Wildman–Crippen MR) is 139 cm³/mol. The van der Waals surface area contributed by atoms with Crippen molar-refractivity contribution in [2.45, 2.75) is 6.92 Å². The van der Waals surface area contributed by atoms with Crippen molar-refractivity contribution in [3.63, 3.8) is 0 Å². The van der Waals surface area contributed by atoms with E-state index in [-0.39, 0.29) is 11.6 Å². The van der Waals surface area contributed by atoms with Gasteiger partial charge in [0, 0.05) is 37.4 Å². The second kappa shape index (κ2) is 9.85. The lowest BCUT2D eigenvalue weighted by Gasteiger charge is -2.38. The van der Waals surface area contributed by atoms with Crippen LogP contribution in [0.15, 0.2) is 66.9 Å². The van der Waals surface area contributed by atoms with E-state index in [1.54, 1.807) is 32.5 Å². The van der Waals surface area contributed by atoms with Crippen LogP contribution in [0.2, 0.25) is 0 Å². The number of aromatic nitrogens is 1. The Morgan fingerprint density at radius 1 is 0.861 bits per heavy atom. The summed E-state index contributed by atoms with van der Waals surface area (Å²) in [5.41, 5.74) is 5.06. The average molecular weight is 487 g/mol. The summed E-state index contributed by atoms with van der Waals surface area (Å²) in [6, 6.07) is 18.0. The molecule has 0 bridgehead atoms. The highest BCUT2D eigenvalue weighted by molar-refractivity contribution is 6.15. The largest absolute Gasteiger partial charge is 0.493 e. The van der Waals surface area contributed by atoms with Crippen LogP contribution >= 0.6 is 0 Å². The van der Waals surface area contributed by atoms with Crippen LogP contribution in [0.5, 0.6) is 11.5 Å². The van der Waals surface area contributed by atoms with Gasteiger partial charge < -0.3 is 19.3 Å². The number of anilines is 2. The number of ketones is 1. The third kappa shape index (κ3) is 4.44. The number of nitrogens with one attached hydrogen (secondary N) is 1. The molecule has 1 fully saturated rings. The number of halogens is 1. The molecule has 0 saturated carbocycles. The van der Waals surface area contributed by atoms with Crippen LogP contribution in [0.3, 0.4) is 0 Å². The maximum absolute atomic E-state index is 13.7. The normalized spacial score (nSPS) is 13.7. The molecule has 1 aliphatic rings. The Hall–Kier alpha value is -4.13. The lowest BCUT2D eigenvalue weighted by molar-refractivity contribution is -0.344. The van der Waals surface area contributed by atoms with Crippen LogP contribution in [-0.4, -0.2) is 46.2 Å². The van der Waals surface area contributed by atoms with E-state index in [0.29, 0.717) is 35.7 Å². The number of ether oxygens (including phenoxy) is 2. The maximum Gasteiger partial charge on any atom is 0.216 e. The first-order valence-corrected chi connectivity index (χ1v) is 12.0. The lowest BCUT2D eigenvalue weighted by Crippen LogP contribution is -2.47. The van der Waals surface area contributed by atoms with Crippen molar-refractivity contribution < 1.29 is 23.6 Å². The number of carbonyl (C=O) groups is 1. The van der Waals surface area contributed by atoms with Crippen molar-refractivity contribution >= 4 is 28.1 Å². The fourth-order valence-corrected chi connectivity index (χ4v) is 4.77. The van der Waals surface area contributed by atoms with Gasteiger partial charge in [-0.2, -0.15) is 0 Å². The minimum absolute atomic E-state index is 0.0427. The third-order valence-corrected chi connectivity index (χ3v) is 6.75. The molecular formula is C29H29FN3O3+. The van der Waals surface area contributed by atoms with Crippen molar-refractivity contribution in [3.05, 3.63) is 89.4 Å². The van der Waals surface area contributed by atoms with E-state index in [2.05, 4.69) is 14.8 Å². The van der Waals surface area contributed by atoms with Crippen molar-refractivity contribution in [1.82, 2.24) is 0 Å². The van der Waals surface area contributed by atoms with Gasteiger partial charge in [0.25, 0.3) is 0 Å². The quantitative estimate of drug-likeness (QED) is 0.371. The van der Waals surface area contributed by atoms with Crippen LogP contribution < -0.4 is 24.3 Å². The number of nitrogens with zero attached hydrogens (tertiary/aromatic N) is 2. The van der Waals surface area contributed by atoms with E-state index in [1.807, 2.05) is 43.3 Å². The number of aromatic amines is 1. The molecule has 0 unspecified atom stereocenters. The summed E-state index contributed by atoms with van der Waals surface area (Å²) in [5.74, 6) is 0.933. The highest BCUT2D eigenvalue weighted by atomic mass is 19.1. The summed E-state index contributed by atoms with van der Waals surface area (Å²) in [7, 11) is 3.21. The SMILES string of the molecule is COc1cc2[nH+]cc(C(=O)c3ccc(C)cc3)c(N3CCN(c4ccc(F)cc4)CC3)c2cc1OC. The van der Waals surface area contributed by atoms with Gasteiger partial charge in [0.05, 0.1) is 31.4 Å². The maximum atomic E-state index is 13.7. The second-order valence-corrected chi connectivity index (χ2v) is 8.95. The molecule has 0 aliphatic carbocycles. The number of fused-ring (bicyclic) bond motifs is 1. The zero-order valence-electron chi connectivity index (χ0n) is 20.7. The fraction of sp³-hybridized carbons (Fsp3) is 0.241. The van der Waals surface area contributed by atoms with Crippen LogP contribution in [0, 0.1) is 12.7 Å². The molecule has 0 amide bonds. The minimum Gasteiger partial charge on any atom is -0.493 e. The Balaban J connectivity index is 1.57. The van der Waals surface area contributed by atoms with Crippen molar-refractivity contribution in [3.8, 4) is 11.5 Å². The number of pyridine rings is 1. The molecule has 1 aliphatic heterocycles. The molecule has 5 rings (SSSR count). The summed E-state index contributed by atoms with van der Waals surface area (Å²) in [6.07, 6.45) is 1.79. The van der Waals surface area contributed by atoms with Crippen LogP contribution in [0.4, 0.5) is 15.8 Å². The minimum atomic E-state index is -0.243. The number of hydrogen-bond donors (Lipinski definition) is 0. The van der Waals surface area contributed by atoms with E-state index < -0.39 is 0 Å². The fourth-order valence-electron chi connectivity index (χ4n) is 4.77. The molecule has 0 atom stereocenters. The number of rotatable bonds is 6. The lowest BCUT2D eigenvalue weighted by atomic mass is 9.98. The smallest absolute Gasteiger partial charge is 0.216 e. The highest BCUT2D eigenvalue weighted by Crippen LogP contribution is 2.37. The van der Waals surface area contributed by atoms with Gasteiger partial charge in [-0.3, -0.25) is 4.79 Å². The molecule has 0 radical (unpaired) electrons. The first-order chi connectivity index (χ1) is 17.5. The van der Waals surface area contributed by atoms with Crippen LogP contribution in [0.25, 0.3) is 10.9 Å². The van der Waals surface area contributed by atoms with Crippen LogP contribution in [-0.2, 0) is 0 Å². The molecule has 2 heterocycles. The van der Waals surface area contributed by atoms with E-state index >= 15 is 0 Å². The van der Waals surface area contributed by atoms with Gasteiger partial charge in [0.15, 0.2) is 17.7 Å². The van der Waals surface area contributed by atoms with Crippen molar-refractivity contribution in [1.29, 1.82) is 0 Å². The molecule has 36 heavy (non-hydrogen) atoms. The Morgan fingerprint density at radius 3 is 2.11 bits per heavy atom. The molecular weight excluding hydrogens is 457 g/mol. The van der Waals surface area contributed by atoms with Crippen molar-refractivity contribution in [2.24, 2.45) is 0 Å². The summed E-state index contributed by atoms with van der Waals surface area (Å²) in [6.45, 7) is 4.91. The molecule has 4 aromatic rings. The van der Waals surface area contributed by atoms with E-state index in [4.69, 9.17) is 9.47 Å². The molecule has 184 valence electrons. The number of carbonyl (C=O) groups excluding carboxylic acids is 1. The summed E-state index contributed by atoms with van der Waals surface area (Å²) in [5, 5.41) is 0.890. The molecule has 0 spiro atoms. The second-order valence-electron chi connectivity index (χ2n) is 8.95. The Kier molecular flexibility index (Phi) is 6.46. The average Bonchev–Trinajstić information content (AvgIpc) is 2.92. The number of aryl methyl sites for hydroxylation is 1. The van der Waals surface area contributed by atoms with E-state index in [9.17, 15) is 9.18 Å². The summed E-state index contributed by atoms with van der Waals surface area (Å²) in [4.78, 5) is 21.5. The van der Waals surface area contributed by atoms with Gasteiger partial charge in [-0.15, -0.1) is 0 Å². The summed E-state index contributed by atoms with van der Waals surface area (Å²) >= 11 is 0. The zero-order chi connectivity index (χ0) is 25.2. The van der Waals surface area contributed by atoms with Crippen LogP contribution in [0.1, 0.15) is 21.5 Å². The van der Waals surface area contributed by atoms with Gasteiger partial charge >= 0.3 is 0 Å². The monoisotopic (exact) mass is 486 g/mol. The van der Waals surface area contributed by atoms with E-state index in [0.717, 1.165) is 40.9 Å². The molecule has 7 heteroatoms. The first-order valence-electron chi connectivity index (χ1n) is 12.0. The molecule has 1 N–H and O–H groups in total. The van der Waals surface area contributed by atoms with Gasteiger partial charge in [-0.05, 0) is 37.3 Å². The Bertz CT molecular complexity index is 1400. The standard InChI is InChI=1S/C29H28FN3O3/c1-19-4-6-20(7-5-19)29(34)24-18-31-25-17-27(36-3)26(35-2)16-23(25)28(24)33-14-12-32(13-15-33)22-10-8-21(30)9-11-22/h4-11,16-18H,12-15H2,1-3H3/p+1. The predicted octanol–water partition coefficient (Wildman–Crippen LogP) is 4.68. The number of benzene rings is 3. The van der Waals surface area contributed by atoms with Gasteiger partial charge in [0.1, 0.15) is 11.4 Å². The van der Waals surface area contributed by atoms with E-state index in [1.165, 1.54) is 12.1 Å². The van der Waals surface area contributed by atoms with Gasteiger partial charge in [0.2, 0.25) is 11.3 Å². The molecule has 1 saturated heterocycles. The van der Waals surface area contributed by atoms with Crippen molar-refractivity contribution in [2.75, 3.05) is 50.2 Å². The number of methoxy groups -OCH3 is 2. The Morgan fingerprint density at radius 2 is 1.47 bits per heavy atom. The highest BCUT2D eigenvalue weighted by Gasteiger charge is 2.28. The van der Waals surface area contributed by atoms with Gasteiger partial charge in [-0.1, -0.05) is 29.8 Å². The third-order valence-electron chi connectivity index (χ3n) is 6.75. The topological polar surface area (TPSA) is 56.2 Å². The molecule has 3 aromatic carbocycles. The zero-order valence-corrected chi connectivity index (χ0v) is 20.7. The summed E-state index contributed by atoms with van der Waals surface area (Å²) < 4.78 is 24.5. The molecule has 1 aromatic heterocycles. The Labute approximate surface area is 209 Å². The number of piperazine rings is 1. The van der Waals surface area contributed by atoms with Gasteiger partial charge in [-0.25, -0.2) is 9.37 Å². The number of hydrogen-bond acceptors (Lipinski definition) is 5.